The third kappa shape index (κ3) is 7.53. The van der Waals surface area contributed by atoms with Gasteiger partial charge >= 0.3 is 0 Å². The maximum atomic E-state index is 13.4. The molecule has 1 aliphatic rings. The minimum atomic E-state index is -3.62. The summed E-state index contributed by atoms with van der Waals surface area (Å²) in [6.07, 6.45) is 2.22. The standard InChI is InChI=1S/C27H37N3O7S/c1-6-19(2)28-27(32)20(3)29(17-21-9-12-23(35-4)13-10-21)26(31)8-7-15-30(38(5,33)34)22-11-14-24-25(16-22)37-18-36-24/h9-14,16,19-20H,6-8,15,17-18H2,1-5H3,(H,28,32)/t19-,20+/m1/s1. The zero-order valence-electron chi connectivity index (χ0n) is 22.6. The summed E-state index contributed by atoms with van der Waals surface area (Å²) in [6.45, 7) is 6.00. The Labute approximate surface area is 224 Å². The average molecular weight is 548 g/mol. The van der Waals surface area contributed by atoms with Gasteiger partial charge in [-0.15, -0.1) is 0 Å². The molecule has 208 valence electrons. The zero-order valence-corrected chi connectivity index (χ0v) is 23.4. The number of amides is 2. The van der Waals surface area contributed by atoms with Crippen molar-refractivity contribution in [3.63, 3.8) is 0 Å². The minimum Gasteiger partial charge on any atom is -0.497 e. The Morgan fingerprint density at radius 2 is 1.76 bits per heavy atom. The van der Waals surface area contributed by atoms with Crippen LogP contribution in [0.4, 0.5) is 5.69 Å². The molecule has 1 heterocycles. The molecule has 11 heteroatoms. The molecule has 0 bridgehead atoms. The third-order valence-corrected chi connectivity index (χ3v) is 7.67. The molecule has 38 heavy (non-hydrogen) atoms. The van der Waals surface area contributed by atoms with Gasteiger partial charge in [0.05, 0.1) is 19.1 Å². The third-order valence-electron chi connectivity index (χ3n) is 6.48. The van der Waals surface area contributed by atoms with E-state index in [1.165, 1.54) is 9.21 Å². The Hall–Kier alpha value is -3.47. The summed E-state index contributed by atoms with van der Waals surface area (Å²) >= 11 is 0. The number of nitrogens with zero attached hydrogens (tertiary/aromatic N) is 2. The van der Waals surface area contributed by atoms with Crippen molar-refractivity contribution in [2.45, 2.75) is 58.7 Å². The van der Waals surface area contributed by atoms with Gasteiger partial charge in [-0.3, -0.25) is 13.9 Å². The van der Waals surface area contributed by atoms with E-state index in [0.29, 0.717) is 22.9 Å². The average Bonchev–Trinajstić information content (AvgIpc) is 3.36. The largest absolute Gasteiger partial charge is 0.497 e. The van der Waals surface area contributed by atoms with Crippen LogP contribution in [0.3, 0.4) is 0 Å². The second-order valence-electron chi connectivity index (χ2n) is 9.34. The predicted octanol–water partition coefficient (Wildman–Crippen LogP) is 3.30. The fraction of sp³-hybridized carbons (Fsp3) is 0.481. The molecule has 2 amide bonds. The number of benzene rings is 2. The van der Waals surface area contributed by atoms with Crippen molar-refractivity contribution in [3.8, 4) is 17.2 Å². The summed E-state index contributed by atoms with van der Waals surface area (Å²) in [4.78, 5) is 27.8. The van der Waals surface area contributed by atoms with Crippen LogP contribution in [-0.2, 0) is 26.2 Å². The Bertz CT molecular complexity index is 1220. The van der Waals surface area contributed by atoms with Gasteiger partial charge in [0.15, 0.2) is 11.5 Å². The predicted molar refractivity (Wildman–Crippen MR) is 145 cm³/mol. The van der Waals surface area contributed by atoms with Gasteiger partial charge in [-0.05, 0) is 56.5 Å². The van der Waals surface area contributed by atoms with Crippen LogP contribution >= 0.6 is 0 Å². The van der Waals surface area contributed by atoms with Crippen molar-refractivity contribution in [3.05, 3.63) is 48.0 Å². The van der Waals surface area contributed by atoms with Crippen LogP contribution < -0.4 is 23.8 Å². The van der Waals surface area contributed by atoms with E-state index < -0.39 is 16.1 Å². The molecule has 0 fully saturated rings. The number of anilines is 1. The van der Waals surface area contributed by atoms with Crippen LogP contribution in [0.5, 0.6) is 17.2 Å². The van der Waals surface area contributed by atoms with Gasteiger partial charge in [-0.1, -0.05) is 19.1 Å². The van der Waals surface area contributed by atoms with Gasteiger partial charge in [-0.25, -0.2) is 8.42 Å². The van der Waals surface area contributed by atoms with Crippen molar-refractivity contribution in [2.75, 3.05) is 31.0 Å². The molecule has 2 atom stereocenters. The number of rotatable bonds is 13. The van der Waals surface area contributed by atoms with E-state index in [1.807, 2.05) is 26.0 Å². The molecule has 0 aromatic heterocycles. The lowest BCUT2D eigenvalue weighted by molar-refractivity contribution is -0.140. The van der Waals surface area contributed by atoms with Crippen molar-refractivity contribution < 1.29 is 32.2 Å². The zero-order chi connectivity index (χ0) is 27.9. The second kappa shape index (κ2) is 12.9. The van der Waals surface area contributed by atoms with Crippen LogP contribution in [0.1, 0.15) is 45.6 Å². The topological polar surface area (TPSA) is 114 Å². The second-order valence-corrected chi connectivity index (χ2v) is 11.2. The number of carbonyl (C=O) groups is 2. The summed E-state index contributed by atoms with van der Waals surface area (Å²) in [5.41, 5.74) is 1.28. The lowest BCUT2D eigenvalue weighted by Crippen LogP contribution is -2.49. The monoisotopic (exact) mass is 547 g/mol. The van der Waals surface area contributed by atoms with Gasteiger partial charge in [-0.2, -0.15) is 0 Å². The van der Waals surface area contributed by atoms with Crippen LogP contribution in [0, 0.1) is 0 Å². The fourth-order valence-electron chi connectivity index (χ4n) is 4.02. The molecule has 2 aromatic rings. The van der Waals surface area contributed by atoms with Gasteiger partial charge in [0, 0.05) is 31.6 Å². The molecular weight excluding hydrogens is 510 g/mol. The minimum absolute atomic E-state index is 0.0205. The van der Waals surface area contributed by atoms with E-state index in [2.05, 4.69) is 5.32 Å². The first-order chi connectivity index (χ1) is 18.0. The van der Waals surface area contributed by atoms with Gasteiger partial charge < -0.3 is 24.4 Å². The first-order valence-corrected chi connectivity index (χ1v) is 14.5. The summed E-state index contributed by atoms with van der Waals surface area (Å²) in [5.74, 6) is 1.24. The molecular formula is C27H37N3O7S. The highest BCUT2D eigenvalue weighted by Gasteiger charge is 2.27. The van der Waals surface area contributed by atoms with E-state index in [4.69, 9.17) is 14.2 Å². The van der Waals surface area contributed by atoms with Crippen LogP contribution in [0.2, 0.25) is 0 Å². The van der Waals surface area contributed by atoms with E-state index in [-0.39, 0.29) is 50.6 Å². The maximum Gasteiger partial charge on any atom is 0.242 e. The Morgan fingerprint density at radius 1 is 1.08 bits per heavy atom. The summed E-state index contributed by atoms with van der Waals surface area (Å²) in [5, 5.41) is 2.94. The Kier molecular flexibility index (Phi) is 9.84. The number of hydrogen-bond donors (Lipinski definition) is 1. The fourth-order valence-corrected chi connectivity index (χ4v) is 4.98. The van der Waals surface area contributed by atoms with Crippen LogP contribution in [-0.4, -0.2) is 63.9 Å². The highest BCUT2D eigenvalue weighted by molar-refractivity contribution is 7.92. The molecule has 2 aromatic carbocycles. The molecule has 0 aliphatic carbocycles. The van der Waals surface area contributed by atoms with Crippen molar-refractivity contribution in [2.24, 2.45) is 0 Å². The van der Waals surface area contributed by atoms with Gasteiger partial charge in [0.1, 0.15) is 11.8 Å². The summed E-state index contributed by atoms with van der Waals surface area (Å²) < 4.78 is 42.3. The summed E-state index contributed by atoms with van der Waals surface area (Å²) in [7, 11) is -2.04. The van der Waals surface area contributed by atoms with Gasteiger partial charge in [0.25, 0.3) is 0 Å². The number of ether oxygens (including phenoxy) is 3. The van der Waals surface area contributed by atoms with Crippen LogP contribution in [0.15, 0.2) is 42.5 Å². The Balaban J connectivity index is 1.73. The number of hydrogen-bond acceptors (Lipinski definition) is 7. The first-order valence-electron chi connectivity index (χ1n) is 12.6. The molecule has 0 saturated heterocycles. The number of sulfonamides is 1. The molecule has 0 saturated carbocycles. The Morgan fingerprint density at radius 3 is 2.39 bits per heavy atom. The molecule has 1 N–H and O–H groups in total. The van der Waals surface area contributed by atoms with E-state index in [9.17, 15) is 18.0 Å². The highest BCUT2D eigenvalue weighted by atomic mass is 32.2. The lowest BCUT2D eigenvalue weighted by atomic mass is 10.1. The smallest absolute Gasteiger partial charge is 0.242 e. The normalized spacial score (nSPS) is 13.9. The maximum absolute atomic E-state index is 13.4. The van der Waals surface area contributed by atoms with Crippen molar-refractivity contribution in [1.82, 2.24) is 10.2 Å². The number of fused-ring (bicyclic) bond motifs is 1. The number of methoxy groups -OCH3 is 1. The SMILES string of the molecule is CC[C@@H](C)NC(=O)[C@H](C)N(Cc1ccc(OC)cc1)C(=O)CCCN(c1ccc2c(c1)OCO2)S(C)(=O)=O. The van der Waals surface area contributed by atoms with Crippen LogP contribution in [0.25, 0.3) is 0 Å². The quantitative estimate of drug-likeness (QED) is 0.409. The van der Waals surface area contributed by atoms with Gasteiger partial charge in [0.2, 0.25) is 28.6 Å². The molecule has 1 aliphatic heterocycles. The molecule has 10 nitrogen and oxygen atoms in total. The van der Waals surface area contributed by atoms with E-state index in [0.717, 1.165) is 18.2 Å². The molecule has 0 radical (unpaired) electrons. The van der Waals surface area contributed by atoms with E-state index >= 15 is 0 Å². The molecule has 3 rings (SSSR count). The molecule has 0 unspecified atom stereocenters. The number of carbonyl (C=O) groups excluding carboxylic acids is 2. The van der Waals surface area contributed by atoms with Crippen molar-refractivity contribution in [1.29, 1.82) is 0 Å². The highest BCUT2D eigenvalue weighted by Crippen LogP contribution is 2.36. The first kappa shape index (κ1) is 29.1. The summed E-state index contributed by atoms with van der Waals surface area (Å²) in [6, 6.07) is 11.5. The lowest BCUT2D eigenvalue weighted by Gasteiger charge is -2.30. The molecule has 0 spiro atoms. The van der Waals surface area contributed by atoms with Crippen molar-refractivity contribution >= 4 is 27.5 Å². The number of nitrogens with one attached hydrogen (secondary N) is 1. The van der Waals surface area contributed by atoms with E-state index in [1.54, 1.807) is 44.4 Å².